The number of para-hydroxylation sites is 2. The van der Waals surface area contributed by atoms with Crippen LogP contribution in [0.15, 0.2) is 94.9 Å². The Balaban J connectivity index is 1.89. The van der Waals surface area contributed by atoms with Gasteiger partial charge in [0.2, 0.25) is 11.2 Å². The number of benzene rings is 3. The average Bonchev–Trinajstić information content (AvgIpc) is 2.63. The first kappa shape index (κ1) is 12.9. The van der Waals surface area contributed by atoms with Crippen molar-refractivity contribution in [3.63, 3.8) is 0 Å². The van der Waals surface area contributed by atoms with Crippen molar-refractivity contribution in [2.45, 2.75) is 9.79 Å². The molecule has 2 heterocycles. The molecule has 5 rings (SSSR count). The molecule has 0 aliphatic carbocycles. The fourth-order valence-corrected chi connectivity index (χ4v) is 4.42. The van der Waals surface area contributed by atoms with E-state index < -0.39 is 0 Å². The summed E-state index contributed by atoms with van der Waals surface area (Å²) in [6, 6.07) is 28.1. The average molecular weight is 312 g/mol. The first-order valence-corrected chi connectivity index (χ1v) is 8.53. The van der Waals surface area contributed by atoms with Gasteiger partial charge in [-0.1, -0.05) is 60.3 Å². The Hall–Kier alpha value is -2.58. The zero-order valence-corrected chi connectivity index (χ0v) is 13.3. The van der Waals surface area contributed by atoms with Crippen molar-refractivity contribution < 1.29 is 4.57 Å². The molecule has 0 saturated heterocycles. The zero-order chi connectivity index (χ0) is 15.2. The van der Waals surface area contributed by atoms with E-state index >= 15 is 0 Å². The molecule has 0 N–H and O–H groups in total. The van der Waals surface area contributed by atoms with Crippen LogP contribution in [-0.2, 0) is 0 Å². The van der Waals surface area contributed by atoms with E-state index in [1.165, 1.54) is 37.5 Å². The van der Waals surface area contributed by atoms with Gasteiger partial charge in [0.15, 0.2) is 6.20 Å². The zero-order valence-electron chi connectivity index (χ0n) is 12.4. The van der Waals surface area contributed by atoms with Gasteiger partial charge in [0.05, 0.1) is 15.2 Å². The third-order valence-electron chi connectivity index (χ3n) is 4.35. The Kier molecular flexibility index (Phi) is 2.79. The molecule has 0 unspecified atom stereocenters. The molecular weight excluding hydrogens is 298 g/mol. The second-order valence-electron chi connectivity index (χ2n) is 5.69. The van der Waals surface area contributed by atoms with Crippen molar-refractivity contribution in [1.29, 1.82) is 0 Å². The maximum absolute atomic E-state index is 2.32. The molecule has 2 heteroatoms. The van der Waals surface area contributed by atoms with Crippen LogP contribution in [0.4, 0.5) is 0 Å². The summed E-state index contributed by atoms with van der Waals surface area (Å²) >= 11 is 1.86. The SMILES string of the molecule is c1ccc(-c2cc[n+]3c4c(cccc24)Sc2ccccc2-3)cc1. The van der Waals surface area contributed by atoms with Crippen molar-refractivity contribution in [1.82, 2.24) is 0 Å². The van der Waals surface area contributed by atoms with E-state index in [1.54, 1.807) is 0 Å². The monoisotopic (exact) mass is 312 g/mol. The van der Waals surface area contributed by atoms with Gasteiger partial charge >= 0.3 is 0 Å². The van der Waals surface area contributed by atoms with Crippen molar-refractivity contribution >= 4 is 22.7 Å². The second-order valence-corrected chi connectivity index (χ2v) is 6.77. The summed E-state index contributed by atoms with van der Waals surface area (Å²) in [5.41, 5.74) is 5.12. The molecule has 3 aromatic carbocycles. The molecule has 1 aliphatic heterocycles. The summed E-state index contributed by atoms with van der Waals surface area (Å²) in [6.45, 7) is 0. The third kappa shape index (κ3) is 1.92. The number of nitrogens with zero attached hydrogens (tertiary/aromatic N) is 1. The van der Waals surface area contributed by atoms with Gasteiger partial charge in [0, 0.05) is 17.7 Å². The molecule has 1 aromatic heterocycles. The molecule has 1 nitrogen and oxygen atoms in total. The van der Waals surface area contributed by atoms with E-state index in [-0.39, 0.29) is 0 Å². The molecule has 0 bridgehead atoms. The fourth-order valence-electron chi connectivity index (χ4n) is 3.32. The summed E-state index contributed by atoms with van der Waals surface area (Å²) in [5.74, 6) is 0. The molecule has 23 heavy (non-hydrogen) atoms. The Bertz CT molecular complexity index is 1040. The highest BCUT2D eigenvalue weighted by molar-refractivity contribution is 7.99. The highest BCUT2D eigenvalue weighted by Crippen LogP contribution is 2.40. The van der Waals surface area contributed by atoms with Crippen molar-refractivity contribution in [3.8, 4) is 16.8 Å². The first-order valence-electron chi connectivity index (χ1n) is 7.72. The molecule has 0 amide bonds. The summed E-state index contributed by atoms with van der Waals surface area (Å²) in [7, 11) is 0. The summed E-state index contributed by atoms with van der Waals surface area (Å²) in [5, 5.41) is 1.30. The smallest absolute Gasteiger partial charge is 0.158 e. The Morgan fingerprint density at radius 3 is 2.35 bits per heavy atom. The van der Waals surface area contributed by atoms with E-state index in [2.05, 4.69) is 89.6 Å². The number of aromatic nitrogens is 1. The maximum atomic E-state index is 2.32. The summed E-state index contributed by atoms with van der Waals surface area (Å²) in [4.78, 5) is 2.63. The first-order chi connectivity index (χ1) is 11.4. The Labute approximate surface area is 139 Å². The molecule has 0 atom stereocenters. The van der Waals surface area contributed by atoms with E-state index in [0.717, 1.165) is 0 Å². The third-order valence-corrected chi connectivity index (χ3v) is 5.46. The van der Waals surface area contributed by atoms with Gasteiger partial charge in [0.1, 0.15) is 0 Å². The minimum atomic E-state index is 1.26. The molecule has 108 valence electrons. The van der Waals surface area contributed by atoms with Gasteiger partial charge in [-0.05, 0) is 23.8 Å². The van der Waals surface area contributed by atoms with Gasteiger partial charge in [-0.25, -0.2) is 0 Å². The van der Waals surface area contributed by atoms with Crippen molar-refractivity contribution in [3.05, 3.63) is 85.1 Å². The molecule has 1 aliphatic rings. The lowest BCUT2D eigenvalue weighted by molar-refractivity contribution is -0.571. The maximum Gasteiger partial charge on any atom is 0.233 e. The predicted octanol–water partition coefficient (Wildman–Crippen LogP) is 5.25. The summed E-state index contributed by atoms with van der Waals surface area (Å²) < 4.78 is 2.32. The van der Waals surface area contributed by atoms with E-state index in [1.807, 2.05) is 11.8 Å². The van der Waals surface area contributed by atoms with E-state index in [9.17, 15) is 0 Å². The largest absolute Gasteiger partial charge is 0.233 e. The van der Waals surface area contributed by atoms with Gasteiger partial charge in [-0.3, -0.25) is 0 Å². The number of hydrogen-bond donors (Lipinski definition) is 0. The molecular formula is C21H14NS+. The van der Waals surface area contributed by atoms with Crippen LogP contribution in [-0.4, -0.2) is 0 Å². The minimum absolute atomic E-state index is 1.26. The molecule has 0 fully saturated rings. The molecule has 4 aromatic rings. The van der Waals surface area contributed by atoms with E-state index in [0.29, 0.717) is 0 Å². The Morgan fingerprint density at radius 2 is 1.43 bits per heavy atom. The lowest BCUT2D eigenvalue weighted by atomic mass is 10.0. The van der Waals surface area contributed by atoms with Crippen molar-refractivity contribution in [2.75, 3.05) is 0 Å². The van der Waals surface area contributed by atoms with Crippen LogP contribution in [0.25, 0.3) is 27.7 Å². The van der Waals surface area contributed by atoms with Crippen LogP contribution in [0, 0.1) is 0 Å². The van der Waals surface area contributed by atoms with Gasteiger partial charge in [-0.15, -0.1) is 0 Å². The standard InChI is InChI=1S/C21H14NS/c1-2-7-15(8-3-1)16-13-14-22-18-10-4-5-11-19(18)23-20-12-6-9-17(16)21(20)22/h1-14H/q+1. The van der Waals surface area contributed by atoms with Gasteiger partial charge < -0.3 is 0 Å². The number of hydrogen-bond acceptors (Lipinski definition) is 1. The number of pyridine rings is 1. The van der Waals surface area contributed by atoms with Gasteiger partial charge in [-0.2, -0.15) is 4.57 Å². The number of rotatable bonds is 1. The highest BCUT2D eigenvalue weighted by Gasteiger charge is 2.27. The van der Waals surface area contributed by atoms with Crippen LogP contribution >= 0.6 is 11.8 Å². The predicted molar refractivity (Wildman–Crippen MR) is 95.0 cm³/mol. The lowest BCUT2D eigenvalue weighted by Crippen LogP contribution is -2.34. The normalized spacial score (nSPS) is 12.2. The quantitative estimate of drug-likeness (QED) is 0.382. The van der Waals surface area contributed by atoms with Gasteiger partial charge in [0.25, 0.3) is 0 Å². The molecule has 0 saturated carbocycles. The topological polar surface area (TPSA) is 3.88 Å². The lowest BCUT2D eigenvalue weighted by Gasteiger charge is -2.15. The highest BCUT2D eigenvalue weighted by atomic mass is 32.2. The summed E-state index contributed by atoms with van der Waals surface area (Å²) in [6.07, 6.45) is 2.20. The fraction of sp³-hybridized carbons (Fsp3) is 0. The number of fused-ring (bicyclic) bond motifs is 2. The van der Waals surface area contributed by atoms with Crippen LogP contribution in [0.3, 0.4) is 0 Å². The van der Waals surface area contributed by atoms with Crippen LogP contribution in [0.2, 0.25) is 0 Å². The molecule has 0 spiro atoms. The Morgan fingerprint density at radius 1 is 0.652 bits per heavy atom. The van der Waals surface area contributed by atoms with Crippen LogP contribution in [0.5, 0.6) is 0 Å². The van der Waals surface area contributed by atoms with Crippen LogP contribution < -0.4 is 4.57 Å². The minimum Gasteiger partial charge on any atom is -0.158 e. The second kappa shape index (κ2) is 4.97. The molecule has 0 radical (unpaired) electrons. The van der Waals surface area contributed by atoms with Crippen LogP contribution in [0.1, 0.15) is 0 Å². The van der Waals surface area contributed by atoms with E-state index in [4.69, 9.17) is 0 Å². The van der Waals surface area contributed by atoms with Crippen molar-refractivity contribution in [2.24, 2.45) is 0 Å².